The summed E-state index contributed by atoms with van der Waals surface area (Å²) in [6, 6.07) is 3.08. The van der Waals surface area contributed by atoms with Crippen LogP contribution in [0.5, 0.6) is 0 Å². The topological polar surface area (TPSA) is 80.6 Å². The summed E-state index contributed by atoms with van der Waals surface area (Å²) in [6.45, 7) is 4.93. The Morgan fingerprint density at radius 3 is 2.78 bits per heavy atom. The quantitative estimate of drug-likeness (QED) is 0.730. The van der Waals surface area contributed by atoms with Crippen molar-refractivity contribution in [2.24, 2.45) is 0 Å². The minimum absolute atomic E-state index is 0.0727. The van der Waals surface area contributed by atoms with Gasteiger partial charge in [-0.3, -0.25) is 0 Å². The summed E-state index contributed by atoms with van der Waals surface area (Å²) in [5, 5.41) is 2.81. The van der Waals surface area contributed by atoms with Crippen LogP contribution in [0.15, 0.2) is 21.6 Å². The number of rotatable bonds is 8. The molecule has 0 aliphatic carbocycles. The molecule has 2 N–H and O–H groups in total. The summed E-state index contributed by atoms with van der Waals surface area (Å²) < 4.78 is 36.7. The van der Waals surface area contributed by atoms with Gasteiger partial charge in [-0.25, -0.2) is 13.1 Å². The van der Waals surface area contributed by atoms with E-state index in [0.29, 0.717) is 18.9 Å². The highest BCUT2D eigenvalue weighted by Crippen LogP contribution is 2.13. The molecule has 18 heavy (non-hydrogen) atoms. The summed E-state index contributed by atoms with van der Waals surface area (Å²) in [5.74, 6) is 0.579. The zero-order valence-electron chi connectivity index (χ0n) is 10.9. The Morgan fingerprint density at radius 1 is 1.44 bits per heavy atom. The van der Waals surface area contributed by atoms with Crippen LogP contribution in [0.1, 0.15) is 19.6 Å². The second kappa shape index (κ2) is 6.89. The molecule has 0 saturated heterocycles. The largest absolute Gasteiger partial charge is 0.447 e. The van der Waals surface area contributed by atoms with E-state index in [1.165, 1.54) is 6.07 Å². The van der Waals surface area contributed by atoms with E-state index >= 15 is 0 Å². The number of furan rings is 1. The molecule has 6 nitrogen and oxygen atoms in total. The predicted molar refractivity (Wildman–Crippen MR) is 67.7 cm³/mol. The van der Waals surface area contributed by atoms with Crippen LogP contribution >= 0.6 is 0 Å². The Balaban J connectivity index is 2.62. The van der Waals surface area contributed by atoms with E-state index in [2.05, 4.69) is 10.0 Å². The summed E-state index contributed by atoms with van der Waals surface area (Å²) in [5.41, 5.74) is 0. The van der Waals surface area contributed by atoms with Crippen LogP contribution in [0.2, 0.25) is 0 Å². The van der Waals surface area contributed by atoms with Crippen molar-refractivity contribution in [3.8, 4) is 0 Å². The molecule has 0 saturated carbocycles. The second-order valence-corrected chi connectivity index (χ2v) is 5.57. The number of sulfonamides is 1. The Hall–Kier alpha value is -0.890. The van der Waals surface area contributed by atoms with Gasteiger partial charge in [0.2, 0.25) is 5.09 Å². The fourth-order valence-corrected chi connectivity index (χ4v) is 2.47. The van der Waals surface area contributed by atoms with Crippen molar-refractivity contribution in [3.63, 3.8) is 0 Å². The highest BCUT2D eigenvalue weighted by atomic mass is 32.2. The van der Waals surface area contributed by atoms with E-state index in [1.807, 2.05) is 6.92 Å². The third-order valence-electron chi connectivity index (χ3n) is 2.26. The minimum Gasteiger partial charge on any atom is -0.447 e. The van der Waals surface area contributed by atoms with Crippen molar-refractivity contribution < 1.29 is 17.6 Å². The molecule has 7 heteroatoms. The van der Waals surface area contributed by atoms with Crippen LogP contribution in [0.3, 0.4) is 0 Å². The van der Waals surface area contributed by atoms with Crippen molar-refractivity contribution in [2.45, 2.75) is 31.6 Å². The molecule has 1 aromatic rings. The third-order valence-corrected chi connectivity index (χ3v) is 3.56. The third kappa shape index (κ3) is 4.41. The van der Waals surface area contributed by atoms with Crippen molar-refractivity contribution in [2.75, 3.05) is 20.2 Å². The maximum atomic E-state index is 11.9. The smallest absolute Gasteiger partial charge is 0.274 e. The van der Waals surface area contributed by atoms with Crippen molar-refractivity contribution in [1.29, 1.82) is 0 Å². The highest BCUT2D eigenvalue weighted by molar-refractivity contribution is 7.89. The fourth-order valence-electron chi connectivity index (χ4n) is 1.41. The van der Waals surface area contributed by atoms with E-state index in [1.54, 1.807) is 20.0 Å². The maximum Gasteiger partial charge on any atom is 0.274 e. The fraction of sp³-hybridized carbons (Fsp3) is 0.636. The molecule has 1 atom stereocenters. The van der Waals surface area contributed by atoms with Gasteiger partial charge in [0.15, 0.2) is 0 Å². The first-order chi connectivity index (χ1) is 8.49. The molecule has 0 aliphatic rings. The number of hydrogen-bond donors (Lipinski definition) is 2. The lowest BCUT2D eigenvalue weighted by atomic mass is 10.4. The molecule has 0 amide bonds. The Bertz CT molecular complexity index is 455. The monoisotopic (exact) mass is 276 g/mol. The van der Waals surface area contributed by atoms with Crippen molar-refractivity contribution in [1.82, 2.24) is 10.0 Å². The summed E-state index contributed by atoms with van der Waals surface area (Å²) >= 11 is 0. The SMILES string of the molecule is CCOC(C)CNS(=O)(=O)c1ccc(CNC)o1. The van der Waals surface area contributed by atoms with Gasteiger partial charge in [0, 0.05) is 13.2 Å². The predicted octanol–water partition coefficient (Wildman–Crippen LogP) is 0.702. The standard InChI is InChI=1S/C11H20N2O4S/c1-4-16-9(2)7-13-18(14,15)11-6-5-10(17-11)8-12-3/h5-6,9,12-13H,4,7-8H2,1-3H3. The Kier molecular flexibility index (Phi) is 5.80. The van der Waals surface area contributed by atoms with Crippen LogP contribution in [0, 0.1) is 0 Å². The van der Waals surface area contributed by atoms with Gasteiger partial charge in [0.25, 0.3) is 10.0 Å². The average molecular weight is 276 g/mol. The molecule has 0 aromatic carbocycles. The zero-order chi connectivity index (χ0) is 13.6. The first-order valence-electron chi connectivity index (χ1n) is 5.84. The molecule has 0 radical (unpaired) electrons. The Labute approximate surface area is 108 Å². The molecular formula is C11H20N2O4S. The number of nitrogens with one attached hydrogen (secondary N) is 2. The lowest BCUT2D eigenvalue weighted by molar-refractivity contribution is 0.0799. The number of ether oxygens (including phenoxy) is 1. The van der Waals surface area contributed by atoms with Crippen molar-refractivity contribution in [3.05, 3.63) is 17.9 Å². The summed E-state index contributed by atoms with van der Waals surface area (Å²) in [7, 11) is -1.83. The molecule has 1 rings (SSSR count). The van der Waals surface area contributed by atoms with E-state index < -0.39 is 10.0 Å². The molecule has 0 bridgehead atoms. The van der Waals surface area contributed by atoms with Gasteiger partial charge < -0.3 is 14.5 Å². The van der Waals surface area contributed by atoms with Crippen LogP contribution in [0.4, 0.5) is 0 Å². The normalized spacial score (nSPS) is 13.7. The van der Waals surface area contributed by atoms with E-state index in [9.17, 15) is 8.42 Å². The molecule has 1 unspecified atom stereocenters. The molecule has 0 aliphatic heterocycles. The van der Waals surface area contributed by atoms with Gasteiger partial charge in [-0.1, -0.05) is 0 Å². The lowest BCUT2D eigenvalue weighted by Crippen LogP contribution is -2.32. The summed E-state index contributed by atoms with van der Waals surface area (Å²) in [6.07, 6.45) is -0.170. The van der Waals surface area contributed by atoms with Crippen LogP contribution < -0.4 is 10.0 Å². The van der Waals surface area contributed by atoms with Gasteiger partial charge in [-0.15, -0.1) is 0 Å². The molecule has 1 aromatic heterocycles. The minimum atomic E-state index is -3.60. The van der Waals surface area contributed by atoms with Gasteiger partial charge in [-0.2, -0.15) is 0 Å². The average Bonchev–Trinajstić information content (AvgIpc) is 2.77. The highest BCUT2D eigenvalue weighted by Gasteiger charge is 2.19. The first kappa shape index (κ1) is 15.2. The van der Waals surface area contributed by atoms with E-state index in [4.69, 9.17) is 9.15 Å². The lowest BCUT2D eigenvalue weighted by Gasteiger charge is -2.11. The first-order valence-corrected chi connectivity index (χ1v) is 7.32. The zero-order valence-corrected chi connectivity index (χ0v) is 11.7. The van der Waals surface area contributed by atoms with Gasteiger partial charge in [0.05, 0.1) is 12.6 Å². The number of hydrogen-bond acceptors (Lipinski definition) is 5. The molecule has 104 valence electrons. The second-order valence-electron chi connectivity index (χ2n) is 3.87. The van der Waals surface area contributed by atoms with Gasteiger partial charge in [0.1, 0.15) is 5.76 Å². The van der Waals surface area contributed by atoms with E-state index in [0.717, 1.165) is 0 Å². The molecular weight excluding hydrogens is 256 g/mol. The molecule has 0 spiro atoms. The van der Waals surface area contributed by atoms with Crippen LogP contribution in [0.25, 0.3) is 0 Å². The molecule has 0 fully saturated rings. The molecule has 1 heterocycles. The summed E-state index contributed by atoms with van der Waals surface area (Å²) in [4.78, 5) is 0. The maximum absolute atomic E-state index is 11.9. The van der Waals surface area contributed by atoms with Gasteiger partial charge in [-0.05, 0) is 33.0 Å². The van der Waals surface area contributed by atoms with Crippen molar-refractivity contribution >= 4 is 10.0 Å². The van der Waals surface area contributed by atoms with Gasteiger partial charge >= 0.3 is 0 Å². The van der Waals surface area contributed by atoms with Crippen LogP contribution in [-0.4, -0.2) is 34.7 Å². The van der Waals surface area contributed by atoms with Crippen LogP contribution in [-0.2, 0) is 21.3 Å². The van der Waals surface area contributed by atoms with E-state index in [-0.39, 0.29) is 17.7 Å². The Morgan fingerprint density at radius 2 is 2.17 bits per heavy atom.